The van der Waals surface area contributed by atoms with Crippen LogP contribution < -0.4 is 10.6 Å². The van der Waals surface area contributed by atoms with Gasteiger partial charge in [0.25, 0.3) is 0 Å². The Kier molecular flexibility index (Phi) is 4.74. The van der Waals surface area contributed by atoms with Crippen LogP contribution in [0, 0.1) is 0 Å². The third-order valence-electron chi connectivity index (χ3n) is 2.38. The Morgan fingerprint density at radius 3 is 2.65 bits per heavy atom. The van der Waals surface area contributed by atoms with E-state index in [4.69, 9.17) is 9.94 Å². The molecule has 0 aromatic rings. The molecule has 0 saturated carbocycles. The molecular formula is C11H21N3O3. The van der Waals surface area contributed by atoms with E-state index in [-0.39, 0.29) is 11.9 Å². The Balaban J connectivity index is 2.49. The Hall–Kier alpha value is -1.30. The number of rotatable bonds is 1. The zero-order chi connectivity index (χ0) is 12.9. The lowest BCUT2D eigenvalue weighted by Crippen LogP contribution is -2.49. The number of nitrogens with zero attached hydrogens (tertiary/aromatic N) is 1. The molecular weight excluding hydrogens is 222 g/mol. The third-order valence-corrected chi connectivity index (χ3v) is 2.38. The Morgan fingerprint density at radius 2 is 2.18 bits per heavy atom. The number of carbonyl (C=O) groups is 1. The summed E-state index contributed by atoms with van der Waals surface area (Å²) >= 11 is 0. The molecule has 3 N–H and O–H groups in total. The Labute approximate surface area is 101 Å². The molecule has 17 heavy (non-hydrogen) atoms. The number of hydrogen-bond donors (Lipinski definition) is 3. The first-order valence-electron chi connectivity index (χ1n) is 5.88. The molecule has 1 fully saturated rings. The van der Waals surface area contributed by atoms with Gasteiger partial charge in [0.2, 0.25) is 0 Å². The standard InChI is InChI=1S/C11H21N3O3/c1-11(2,3)17-10(15)13-9(14-16)8-6-4-5-7-12-8/h8,12,16H,4-7H2,1-3H3,(H,13,14,15). The third kappa shape index (κ3) is 5.04. The van der Waals surface area contributed by atoms with Crippen LogP contribution in [-0.4, -0.2) is 35.3 Å². The topological polar surface area (TPSA) is 83.0 Å². The Morgan fingerprint density at radius 1 is 1.47 bits per heavy atom. The number of nitrogens with one attached hydrogen (secondary N) is 2. The zero-order valence-electron chi connectivity index (χ0n) is 10.6. The number of amidine groups is 1. The smallest absolute Gasteiger partial charge is 0.413 e. The first-order chi connectivity index (χ1) is 7.92. The van der Waals surface area contributed by atoms with Crippen molar-refractivity contribution in [3.8, 4) is 0 Å². The van der Waals surface area contributed by atoms with Gasteiger partial charge in [-0.2, -0.15) is 0 Å². The lowest BCUT2D eigenvalue weighted by molar-refractivity contribution is 0.0558. The molecule has 1 rings (SSSR count). The molecule has 6 heteroatoms. The molecule has 98 valence electrons. The highest BCUT2D eigenvalue weighted by Crippen LogP contribution is 2.09. The van der Waals surface area contributed by atoms with Crippen molar-refractivity contribution in [2.45, 2.75) is 51.7 Å². The molecule has 6 nitrogen and oxygen atoms in total. The summed E-state index contributed by atoms with van der Waals surface area (Å²) in [6.07, 6.45) is 2.39. The minimum Gasteiger partial charge on any atom is -0.444 e. The summed E-state index contributed by atoms with van der Waals surface area (Å²) in [6, 6.07) is -0.110. The van der Waals surface area contributed by atoms with Crippen LogP contribution in [0.25, 0.3) is 0 Å². The van der Waals surface area contributed by atoms with Crippen molar-refractivity contribution in [3.05, 3.63) is 0 Å². The number of alkyl carbamates (subject to hydrolysis) is 1. The van der Waals surface area contributed by atoms with Gasteiger partial charge in [-0.05, 0) is 40.2 Å². The van der Waals surface area contributed by atoms with Gasteiger partial charge in [0.15, 0.2) is 5.84 Å². The van der Waals surface area contributed by atoms with Gasteiger partial charge in [0.05, 0.1) is 6.04 Å². The van der Waals surface area contributed by atoms with E-state index in [9.17, 15) is 4.79 Å². The molecule has 0 aliphatic carbocycles. The van der Waals surface area contributed by atoms with Crippen LogP contribution in [-0.2, 0) is 4.74 Å². The van der Waals surface area contributed by atoms with Crippen LogP contribution in [0.2, 0.25) is 0 Å². The molecule has 0 radical (unpaired) electrons. The lowest BCUT2D eigenvalue weighted by Gasteiger charge is -2.25. The monoisotopic (exact) mass is 243 g/mol. The molecule has 1 aliphatic rings. The molecule has 1 heterocycles. The molecule has 0 spiro atoms. The number of hydrogen-bond acceptors (Lipinski definition) is 5. The highest BCUT2D eigenvalue weighted by Gasteiger charge is 2.23. The SMILES string of the molecule is CC(C)(C)OC(=O)NC(=NO)C1CCCCN1. The van der Waals surface area contributed by atoms with Crippen LogP contribution in [0.5, 0.6) is 0 Å². The van der Waals surface area contributed by atoms with Crippen molar-refractivity contribution >= 4 is 11.9 Å². The summed E-state index contributed by atoms with van der Waals surface area (Å²) in [5.74, 6) is 0.221. The second-order valence-corrected chi connectivity index (χ2v) is 5.11. The number of amides is 1. The van der Waals surface area contributed by atoms with E-state index in [1.165, 1.54) is 0 Å². The van der Waals surface area contributed by atoms with Crippen molar-refractivity contribution < 1.29 is 14.7 Å². The summed E-state index contributed by atoms with van der Waals surface area (Å²) < 4.78 is 5.09. The molecule has 1 saturated heterocycles. The fourth-order valence-corrected chi connectivity index (χ4v) is 1.68. The van der Waals surface area contributed by atoms with E-state index in [1.807, 2.05) is 0 Å². The first kappa shape index (κ1) is 13.8. The highest BCUT2D eigenvalue weighted by molar-refractivity contribution is 5.98. The number of ether oxygens (including phenoxy) is 1. The average molecular weight is 243 g/mol. The second-order valence-electron chi connectivity index (χ2n) is 5.11. The summed E-state index contributed by atoms with van der Waals surface area (Å²) in [6.45, 7) is 6.20. The van der Waals surface area contributed by atoms with E-state index in [2.05, 4.69) is 15.8 Å². The first-order valence-corrected chi connectivity index (χ1v) is 5.88. The van der Waals surface area contributed by atoms with Gasteiger partial charge >= 0.3 is 6.09 Å². The maximum Gasteiger partial charge on any atom is 0.413 e. The van der Waals surface area contributed by atoms with Gasteiger partial charge in [-0.1, -0.05) is 11.6 Å². The molecule has 0 aromatic carbocycles. The predicted octanol–water partition coefficient (Wildman–Crippen LogP) is 1.44. The summed E-state index contributed by atoms with van der Waals surface area (Å²) in [4.78, 5) is 11.5. The summed E-state index contributed by atoms with van der Waals surface area (Å²) in [5.41, 5.74) is -0.565. The van der Waals surface area contributed by atoms with E-state index < -0.39 is 11.7 Å². The van der Waals surface area contributed by atoms with Gasteiger partial charge in [0.1, 0.15) is 5.60 Å². The Bertz CT molecular complexity index is 291. The van der Waals surface area contributed by atoms with Crippen molar-refractivity contribution in [1.29, 1.82) is 0 Å². The molecule has 1 aliphatic heterocycles. The molecule has 1 atom stereocenters. The molecule has 0 bridgehead atoms. The molecule has 1 amide bonds. The average Bonchev–Trinajstić information content (AvgIpc) is 2.24. The number of oxime groups is 1. The quantitative estimate of drug-likeness (QED) is 0.282. The van der Waals surface area contributed by atoms with Crippen LogP contribution >= 0.6 is 0 Å². The van der Waals surface area contributed by atoms with Crippen LogP contribution in [0.1, 0.15) is 40.0 Å². The normalized spacial score (nSPS) is 22.1. The van der Waals surface area contributed by atoms with Gasteiger partial charge in [-0.3, -0.25) is 5.32 Å². The largest absolute Gasteiger partial charge is 0.444 e. The van der Waals surface area contributed by atoms with Gasteiger partial charge in [-0.15, -0.1) is 0 Å². The fourth-order valence-electron chi connectivity index (χ4n) is 1.68. The predicted molar refractivity (Wildman–Crippen MR) is 64.2 cm³/mol. The van der Waals surface area contributed by atoms with Gasteiger partial charge in [0, 0.05) is 0 Å². The van der Waals surface area contributed by atoms with E-state index in [1.54, 1.807) is 20.8 Å². The van der Waals surface area contributed by atoms with Gasteiger partial charge in [-0.25, -0.2) is 4.79 Å². The van der Waals surface area contributed by atoms with Crippen LogP contribution in [0.4, 0.5) is 4.79 Å². The highest BCUT2D eigenvalue weighted by atomic mass is 16.6. The molecule has 0 aromatic heterocycles. The van der Waals surface area contributed by atoms with Crippen molar-refractivity contribution in [2.24, 2.45) is 5.16 Å². The van der Waals surface area contributed by atoms with Crippen LogP contribution in [0.3, 0.4) is 0 Å². The van der Waals surface area contributed by atoms with Crippen LogP contribution in [0.15, 0.2) is 5.16 Å². The van der Waals surface area contributed by atoms with Crippen molar-refractivity contribution in [1.82, 2.24) is 10.6 Å². The minimum atomic E-state index is -0.599. The van der Waals surface area contributed by atoms with Crippen molar-refractivity contribution in [3.63, 3.8) is 0 Å². The minimum absolute atomic E-state index is 0.110. The van der Waals surface area contributed by atoms with E-state index in [0.29, 0.717) is 0 Å². The van der Waals surface area contributed by atoms with E-state index in [0.717, 1.165) is 25.8 Å². The number of carbonyl (C=O) groups excluding carboxylic acids is 1. The maximum atomic E-state index is 11.5. The summed E-state index contributed by atoms with van der Waals surface area (Å²) in [7, 11) is 0. The van der Waals surface area contributed by atoms with Gasteiger partial charge < -0.3 is 15.3 Å². The summed E-state index contributed by atoms with van der Waals surface area (Å²) in [5, 5.41) is 17.7. The molecule has 1 unspecified atom stereocenters. The van der Waals surface area contributed by atoms with E-state index >= 15 is 0 Å². The maximum absolute atomic E-state index is 11.5. The lowest BCUT2D eigenvalue weighted by atomic mass is 10.0. The van der Waals surface area contributed by atoms with Crippen molar-refractivity contribution in [2.75, 3.05) is 6.54 Å². The zero-order valence-corrected chi connectivity index (χ0v) is 10.6. The number of piperidine rings is 1. The second kappa shape index (κ2) is 5.86. The fraction of sp³-hybridized carbons (Fsp3) is 0.818.